The van der Waals surface area contributed by atoms with Gasteiger partial charge in [0.2, 0.25) is 0 Å². The van der Waals surface area contributed by atoms with Crippen molar-refractivity contribution in [3.05, 3.63) is 0 Å². The number of esters is 1. The van der Waals surface area contributed by atoms with Gasteiger partial charge in [0.05, 0.1) is 21.1 Å². The van der Waals surface area contributed by atoms with Crippen LogP contribution in [0, 0.1) is 0 Å². The van der Waals surface area contributed by atoms with Gasteiger partial charge in [-0.1, -0.05) is 39.0 Å². The van der Waals surface area contributed by atoms with Crippen molar-refractivity contribution in [2.45, 2.75) is 64.4 Å². The summed E-state index contributed by atoms with van der Waals surface area (Å²) in [7, 11) is 5.80. The molecule has 1 atom stereocenters. The van der Waals surface area contributed by atoms with E-state index in [0.29, 0.717) is 17.4 Å². The molecule has 0 saturated carbocycles. The van der Waals surface area contributed by atoms with E-state index in [2.05, 4.69) is 6.92 Å². The smallest absolute Gasteiger partial charge is 0.306 e. The van der Waals surface area contributed by atoms with Crippen LogP contribution < -0.4 is 5.11 Å². The number of quaternary nitrogens is 1. The van der Waals surface area contributed by atoms with Gasteiger partial charge in [0, 0.05) is 18.8 Å². The van der Waals surface area contributed by atoms with Gasteiger partial charge in [-0.25, -0.2) is 0 Å². The van der Waals surface area contributed by atoms with E-state index in [-0.39, 0.29) is 12.4 Å². The molecule has 0 spiro atoms. The maximum absolute atomic E-state index is 11.8. The van der Waals surface area contributed by atoms with Crippen molar-refractivity contribution in [2.24, 2.45) is 0 Å². The highest BCUT2D eigenvalue weighted by molar-refractivity contribution is 5.70. The fourth-order valence-electron chi connectivity index (χ4n) is 2.23. The molecule has 0 aromatic rings. The van der Waals surface area contributed by atoms with Gasteiger partial charge in [-0.3, -0.25) is 4.79 Å². The predicted octanol–water partition coefficient (Wildman–Crippen LogP) is 1.49. The minimum atomic E-state index is -1.18. The Morgan fingerprint density at radius 1 is 1.05 bits per heavy atom. The van der Waals surface area contributed by atoms with Crippen molar-refractivity contribution in [1.29, 1.82) is 0 Å². The lowest BCUT2D eigenvalue weighted by molar-refractivity contribution is -0.873. The SMILES string of the molecule is CCCCCCCCC(=O)O[C@H](CC(=O)[O-])C[N+](C)(C)C. The molecule has 0 N–H and O–H groups in total. The number of carboxylic acid groups (broad SMARTS) is 1. The van der Waals surface area contributed by atoms with Crippen LogP contribution in [0.5, 0.6) is 0 Å². The Labute approximate surface area is 128 Å². The van der Waals surface area contributed by atoms with E-state index in [0.717, 1.165) is 19.3 Å². The van der Waals surface area contributed by atoms with Crippen LogP contribution in [0.3, 0.4) is 0 Å². The molecule has 0 rings (SSSR count). The second-order valence-corrected chi connectivity index (χ2v) is 6.68. The molecular formula is C16H31NO4. The van der Waals surface area contributed by atoms with Crippen LogP contribution in [0.4, 0.5) is 0 Å². The van der Waals surface area contributed by atoms with Crippen LogP contribution >= 0.6 is 0 Å². The molecule has 0 aromatic heterocycles. The number of carbonyl (C=O) groups is 2. The molecule has 0 radical (unpaired) electrons. The van der Waals surface area contributed by atoms with Crippen molar-refractivity contribution in [1.82, 2.24) is 0 Å². The van der Waals surface area contributed by atoms with Crippen molar-refractivity contribution in [3.63, 3.8) is 0 Å². The zero-order chi connectivity index (χ0) is 16.3. The van der Waals surface area contributed by atoms with Gasteiger partial charge < -0.3 is 19.1 Å². The number of likely N-dealkylation sites (N-methyl/N-ethyl adjacent to an activating group) is 1. The van der Waals surface area contributed by atoms with Crippen LogP contribution in [0.1, 0.15) is 58.3 Å². The first-order valence-corrected chi connectivity index (χ1v) is 7.94. The zero-order valence-electron chi connectivity index (χ0n) is 14.0. The van der Waals surface area contributed by atoms with Crippen molar-refractivity contribution >= 4 is 11.9 Å². The average Bonchev–Trinajstić information content (AvgIpc) is 2.30. The van der Waals surface area contributed by atoms with E-state index in [9.17, 15) is 14.7 Å². The molecule has 5 nitrogen and oxygen atoms in total. The number of hydrogen-bond donors (Lipinski definition) is 0. The Bertz CT molecular complexity index is 310. The van der Waals surface area contributed by atoms with E-state index in [1.807, 2.05) is 21.1 Å². The van der Waals surface area contributed by atoms with Crippen LogP contribution in [0.25, 0.3) is 0 Å². The number of nitrogens with zero attached hydrogens (tertiary/aromatic N) is 1. The molecule has 124 valence electrons. The second kappa shape index (κ2) is 10.6. The summed E-state index contributed by atoms with van der Waals surface area (Å²) in [6.45, 7) is 2.64. The predicted molar refractivity (Wildman–Crippen MR) is 80.4 cm³/mol. The molecule has 0 aliphatic rings. The van der Waals surface area contributed by atoms with Gasteiger partial charge >= 0.3 is 5.97 Å². The fourth-order valence-corrected chi connectivity index (χ4v) is 2.23. The van der Waals surface area contributed by atoms with Crippen molar-refractivity contribution in [3.8, 4) is 0 Å². The number of hydrogen-bond acceptors (Lipinski definition) is 4. The van der Waals surface area contributed by atoms with Gasteiger partial charge in [0.15, 0.2) is 6.10 Å². The molecule has 0 aromatic carbocycles. The normalized spacial score (nSPS) is 13.0. The zero-order valence-corrected chi connectivity index (χ0v) is 14.0. The molecule has 5 heteroatoms. The van der Waals surface area contributed by atoms with E-state index in [1.54, 1.807) is 0 Å². The lowest BCUT2D eigenvalue weighted by Crippen LogP contribution is -2.45. The highest BCUT2D eigenvalue weighted by Crippen LogP contribution is 2.10. The number of carboxylic acids is 1. The third-order valence-electron chi connectivity index (χ3n) is 3.18. The molecule has 0 heterocycles. The number of carbonyl (C=O) groups excluding carboxylic acids is 2. The third kappa shape index (κ3) is 13.6. The monoisotopic (exact) mass is 301 g/mol. The van der Waals surface area contributed by atoms with Crippen molar-refractivity contribution < 1.29 is 23.9 Å². The van der Waals surface area contributed by atoms with Gasteiger partial charge in [0.1, 0.15) is 6.54 Å². The molecule has 0 aliphatic carbocycles. The summed E-state index contributed by atoms with van der Waals surface area (Å²) >= 11 is 0. The first-order valence-electron chi connectivity index (χ1n) is 7.94. The topological polar surface area (TPSA) is 66.4 Å². The van der Waals surface area contributed by atoms with E-state index >= 15 is 0 Å². The highest BCUT2D eigenvalue weighted by atomic mass is 16.5. The molecule has 0 unspecified atom stereocenters. The van der Waals surface area contributed by atoms with Gasteiger partial charge in [0.25, 0.3) is 0 Å². The number of unbranched alkanes of at least 4 members (excludes halogenated alkanes) is 5. The van der Waals surface area contributed by atoms with Crippen LogP contribution in [0.2, 0.25) is 0 Å². The first kappa shape index (κ1) is 19.9. The standard InChI is InChI=1S/C16H31NO4/c1-5-6-7-8-9-10-11-16(20)21-14(12-15(18)19)13-17(2,3)4/h14H,5-13H2,1-4H3/t14-/m1/s1. The third-order valence-corrected chi connectivity index (χ3v) is 3.18. The Kier molecular flexibility index (Phi) is 10.0. The average molecular weight is 301 g/mol. The molecule has 0 bridgehead atoms. The van der Waals surface area contributed by atoms with Crippen molar-refractivity contribution in [2.75, 3.05) is 27.7 Å². The summed E-state index contributed by atoms with van der Waals surface area (Å²) in [5, 5.41) is 10.7. The summed E-state index contributed by atoms with van der Waals surface area (Å²) in [6.07, 6.45) is 6.15. The number of rotatable bonds is 12. The maximum atomic E-state index is 11.8. The Morgan fingerprint density at radius 2 is 1.62 bits per heavy atom. The summed E-state index contributed by atoms with van der Waals surface area (Å²) in [5.41, 5.74) is 0. The van der Waals surface area contributed by atoms with Crippen LogP contribution in [-0.2, 0) is 14.3 Å². The minimum absolute atomic E-state index is 0.238. The highest BCUT2D eigenvalue weighted by Gasteiger charge is 2.22. The maximum Gasteiger partial charge on any atom is 0.306 e. The molecule has 0 aliphatic heterocycles. The van der Waals surface area contributed by atoms with Gasteiger partial charge in [-0.15, -0.1) is 0 Å². The summed E-state index contributed by atoms with van der Waals surface area (Å²) in [6, 6.07) is 0. The van der Waals surface area contributed by atoms with Crippen LogP contribution in [-0.4, -0.2) is 50.2 Å². The number of ether oxygens (including phenoxy) is 1. The van der Waals surface area contributed by atoms with E-state index < -0.39 is 12.1 Å². The van der Waals surface area contributed by atoms with Crippen LogP contribution in [0.15, 0.2) is 0 Å². The lowest BCUT2D eigenvalue weighted by atomic mass is 10.1. The fraction of sp³-hybridized carbons (Fsp3) is 0.875. The van der Waals surface area contributed by atoms with E-state index in [4.69, 9.17) is 4.74 Å². The van der Waals surface area contributed by atoms with Gasteiger partial charge in [-0.2, -0.15) is 0 Å². The largest absolute Gasteiger partial charge is 0.550 e. The minimum Gasteiger partial charge on any atom is -0.550 e. The molecule has 0 fully saturated rings. The molecule has 0 saturated heterocycles. The summed E-state index contributed by atoms with van der Waals surface area (Å²) in [5.74, 6) is -1.48. The first-order chi connectivity index (χ1) is 9.74. The Balaban J connectivity index is 4.01. The quantitative estimate of drug-likeness (QED) is 0.311. The van der Waals surface area contributed by atoms with E-state index in [1.165, 1.54) is 19.3 Å². The molecular weight excluding hydrogens is 270 g/mol. The Morgan fingerprint density at radius 3 is 2.14 bits per heavy atom. The second-order valence-electron chi connectivity index (χ2n) is 6.68. The number of aliphatic carboxylic acids is 1. The summed E-state index contributed by atoms with van der Waals surface area (Å²) in [4.78, 5) is 22.5. The lowest BCUT2D eigenvalue weighted by Gasteiger charge is -2.29. The molecule has 0 amide bonds. The summed E-state index contributed by atoms with van der Waals surface area (Å²) < 4.78 is 5.83. The van der Waals surface area contributed by atoms with Gasteiger partial charge in [-0.05, 0) is 6.42 Å². The Hall–Kier alpha value is -1.10. The molecule has 21 heavy (non-hydrogen) atoms.